The molecule has 170 valence electrons. The van der Waals surface area contributed by atoms with Gasteiger partial charge in [0.05, 0.1) is 11.6 Å². The highest BCUT2D eigenvalue weighted by atomic mass is 16.5. The van der Waals surface area contributed by atoms with E-state index in [1.165, 1.54) is 6.33 Å². The quantitative estimate of drug-likeness (QED) is 0.447. The summed E-state index contributed by atoms with van der Waals surface area (Å²) < 4.78 is 7.44. The van der Waals surface area contributed by atoms with Crippen LogP contribution in [0.5, 0.6) is 5.75 Å². The first-order valence-electron chi connectivity index (χ1n) is 10.9. The van der Waals surface area contributed by atoms with Crippen LogP contribution in [-0.4, -0.2) is 57.8 Å². The van der Waals surface area contributed by atoms with Crippen LogP contribution < -0.4 is 10.1 Å². The third-order valence-electron chi connectivity index (χ3n) is 5.46. The van der Waals surface area contributed by atoms with Crippen LogP contribution in [0.3, 0.4) is 0 Å². The van der Waals surface area contributed by atoms with Crippen LogP contribution in [0.1, 0.15) is 34.5 Å². The molecule has 0 aliphatic heterocycles. The van der Waals surface area contributed by atoms with Gasteiger partial charge in [-0.2, -0.15) is 5.10 Å². The Labute approximate surface area is 193 Å². The number of nitrogens with zero attached hydrogens (tertiary/aromatic N) is 5. The predicted molar refractivity (Wildman–Crippen MR) is 128 cm³/mol. The van der Waals surface area contributed by atoms with E-state index in [-0.39, 0.29) is 11.9 Å². The minimum absolute atomic E-state index is 0.152. The minimum atomic E-state index is -0.259. The Hall–Kier alpha value is -3.78. The molecule has 0 saturated carbocycles. The molecule has 4 aromatic rings. The van der Waals surface area contributed by atoms with Gasteiger partial charge in [-0.3, -0.25) is 4.79 Å². The number of amides is 1. The number of para-hydroxylation sites is 1. The summed E-state index contributed by atoms with van der Waals surface area (Å²) in [4.78, 5) is 24.0. The summed E-state index contributed by atoms with van der Waals surface area (Å²) in [6.45, 7) is 5.25. The van der Waals surface area contributed by atoms with Crippen LogP contribution in [0.2, 0.25) is 0 Å². The van der Waals surface area contributed by atoms with E-state index in [1.54, 1.807) is 17.1 Å². The first kappa shape index (κ1) is 22.4. The van der Waals surface area contributed by atoms with Gasteiger partial charge in [-0.1, -0.05) is 24.3 Å². The molecule has 1 amide bonds. The Balaban J connectivity index is 1.60. The summed E-state index contributed by atoms with van der Waals surface area (Å²) in [5, 5.41) is 8.32. The average molecular weight is 445 g/mol. The lowest BCUT2D eigenvalue weighted by atomic mass is 10.0. The van der Waals surface area contributed by atoms with E-state index >= 15 is 0 Å². The van der Waals surface area contributed by atoms with Gasteiger partial charge < -0.3 is 15.0 Å². The van der Waals surface area contributed by atoms with Crippen molar-refractivity contribution in [3.63, 3.8) is 0 Å². The number of aromatic nitrogens is 4. The third kappa shape index (κ3) is 5.18. The number of benzene rings is 2. The molecule has 0 aliphatic rings. The van der Waals surface area contributed by atoms with Gasteiger partial charge in [-0.25, -0.2) is 14.6 Å². The van der Waals surface area contributed by atoms with Crippen LogP contribution in [0.4, 0.5) is 0 Å². The number of carbonyl (C=O) groups excluding carboxylic acids is 1. The Morgan fingerprint density at radius 1 is 1.18 bits per heavy atom. The van der Waals surface area contributed by atoms with E-state index in [0.29, 0.717) is 23.7 Å². The van der Waals surface area contributed by atoms with Gasteiger partial charge in [0.15, 0.2) is 5.82 Å². The summed E-state index contributed by atoms with van der Waals surface area (Å²) in [5.74, 6) is 1.18. The van der Waals surface area contributed by atoms with Crippen molar-refractivity contribution >= 4 is 16.8 Å². The van der Waals surface area contributed by atoms with Crippen molar-refractivity contribution < 1.29 is 9.53 Å². The molecule has 4 rings (SSSR count). The van der Waals surface area contributed by atoms with Crippen molar-refractivity contribution in [2.45, 2.75) is 19.9 Å². The third-order valence-corrected chi connectivity index (χ3v) is 5.46. The maximum atomic E-state index is 13.2. The van der Waals surface area contributed by atoms with Crippen molar-refractivity contribution in [1.29, 1.82) is 0 Å². The summed E-state index contributed by atoms with van der Waals surface area (Å²) in [7, 11) is 3.99. The Kier molecular flexibility index (Phi) is 6.65. The van der Waals surface area contributed by atoms with Gasteiger partial charge in [0.1, 0.15) is 25.0 Å². The van der Waals surface area contributed by atoms with Crippen molar-refractivity contribution in [2.24, 2.45) is 0 Å². The Morgan fingerprint density at radius 2 is 2.00 bits per heavy atom. The van der Waals surface area contributed by atoms with Gasteiger partial charge in [0, 0.05) is 17.5 Å². The normalized spacial score (nSPS) is 12.2. The van der Waals surface area contributed by atoms with Gasteiger partial charge in [-0.15, -0.1) is 0 Å². The number of nitrogens with one attached hydrogen (secondary N) is 1. The molecule has 8 nitrogen and oxygen atoms in total. The molecule has 0 spiro atoms. The fourth-order valence-electron chi connectivity index (χ4n) is 3.62. The van der Waals surface area contributed by atoms with Crippen LogP contribution in [0, 0.1) is 6.92 Å². The predicted octanol–water partition coefficient (Wildman–Crippen LogP) is 3.56. The lowest BCUT2D eigenvalue weighted by Crippen LogP contribution is -2.27. The average Bonchev–Trinajstić information content (AvgIpc) is 3.34. The summed E-state index contributed by atoms with van der Waals surface area (Å²) in [5.41, 5.74) is 3.27. The molecule has 0 aliphatic carbocycles. The van der Waals surface area contributed by atoms with E-state index in [2.05, 4.69) is 20.3 Å². The molecule has 1 N–H and O–H groups in total. The maximum absolute atomic E-state index is 13.2. The van der Waals surface area contributed by atoms with Crippen LogP contribution >= 0.6 is 0 Å². The standard InChI is InChI=1S/C25H28N6O2/c1-17-9-10-19(33-12-11-30(3)4)13-21(17)25(32)28-18(2)22-14-24(31-16-26-15-27-31)29-23-8-6-5-7-20(22)23/h5-10,13-16,18H,11-12H2,1-4H3,(H,28,32)/t18-/m1/s1. The zero-order valence-electron chi connectivity index (χ0n) is 19.3. The number of aryl methyl sites for hydroxylation is 1. The van der Waals surface area contributed by atoms with Gasteiger partial charge >= 0.3 is 0 Å². The van der Waals surface area contributed by atoms with Gasteiger partial charge in [-0.05, 0) is 63.3 Å². The molecular weight excluding hydrogens is 416 g/mol. The highest BCUT2D eigenvalue weighted by molar-refractivity contribution is 5.96. The lowest BCUT2D eigenvalue weighted by molar-refractivity contribution is 0.0939. The van der Waals surface area contributed by atoms with E-state index in [1.807, 2.05) is 70.4 Å². The number of hydrogen-bond acceptors (Lipinski definition) is 6. The summed E-state index contributed by atoms with van der Waals surface area (Å²) in [6, 6.07) is 15.2. The number of carbonyl (C=O) groups is 1. The molecule has 0 unspecified atom stereocenters. The SMILES string of the molecule is Cc1ccc(OCCN(C)C)cc1C(=O)N[C@H](C)c1cc(-n2cncn2)nc2ccccc12. The summed E-state index contributed by atoms with van der Waals surface area (Å²) in [6.07, 6.45) is 3.08. The van der Waals surface area contributed by atoms with Crippen LogP contribution in [0.15, 0.2) is 61.2 Å². The second-order valence-electron chi connectivity index (χ2n) is 8.25. The number of likely N-dealkylation sites (N-methyl/N-ethyl adjacent to an activating group) is 1. The molecule has 0 fully saturated rings. The molecular formula is C25H28N6O2. The highest BCUT2D eigenvalue weighted by Crippen LogP contribution is 2.26. The molecule has 0 radical (unpaired) electrons. The van der Waals surface area contributed by atoms with Gasteiger partial charge in [0.2, 0.25) is 0 Å². The van der Waals surface area contributed by atoms with Crippen molar-refractivity contribution in [3.05, 3.63) is 77.9 Å². The molecule has 1 atom stereocenters. The highest BCUT2D eigenvalue weighted by Gasteiger charge is 2.18. The molecule has 2 aromatic heterocycles. The Morgan fingerprint density at radius 3 is 2.76 bits per heavy atom. The fraction of sp³-hybridized carbons (Fsp3) is 0.280. The van der Waals surface area contributed by atoms with Crippen molar-refractivity contribution in [2.75, 3.05) is 27.2 Å². The van der Waals surface area contributed by atoms with Crippen molar-refractivity contribution in [3.8, 4) is 11.6 Å². The zero-order valence-corrected chi connectivity index (χ0v) is 19.3. The second-order valence-corrected chi connectivity index (χ2v) is 8.25. The van der Waals surface area contributed by atoms with Crippen LogP contribution in [0.25, 0.3) is 16.7 Å². The van der Waals surface area contributed by atoms with Crippen molar-refractivity contribution in [1.82, 2.24) is 30.0 Å². The van der Waals surface area contributed by atoms with Crippen LogP contribution in [-0.2, 0) is 0 Å². The molecule has 33 heavy (non-hydrogen) atoms. The monoisotopic (exact) mass is 444 g/mol. The number of fused-ring (bicyclic) bond motifs is 1. The number of pyridine rings is 1. The molecule has 8 heteroatoms. The van der Waals surface area contributed by atoms with E-state index < -0.39 is 0 Å². The first-order chi connectivity index (χ1) is 15.9. The Bertz CT molecular complexity index is 1250. The van der Waals surface area contributed by atoms with E-state index in [0.717, 1.165) is 28.6 Å². The number of rotatable bonds is 8. The first-order valence-corrected chi connectivity index (χ1v) is 10.9. The summed E-state index contributed by atoms with van der Waals surface area (Å²) >= 11 is 0. The second kappa shape index (κ2) is 9.79. The molecule has 0 bridgehead atoms. The molecule has 0 saturated heterocycles. The lowest BCUT2D eigenvalue weighted by Gasteiger charge is -2.19. The van der Waals surface area contributed by atoms with E-state index in [9.17, 15) is 4.79 Å². The molecule has 2 aromatic carbocycles. The zero-order chi connectivity index (χ0) is 23.4. The number of ether oxygens (including phenoxy) is 1. The smallest absolute Gasteiger partial charge is 0.252 e. The largest absolute Gasteiger partial charge is 0.492 e. The number of hydrogen-bond donors (Lipinski definition) is 1. The molecule has 2 heterocycles. The topological polar surface area (TPSA) is 85.2 Å². The minimum Gasteiger partial charge on any atom is -0.492 e. The fourth-order valence-corrected chi connectivity index (χ4v) is 3.62. The van der Waals surface area contributed by atoms with E-state index in [4.69, 9.17) is 9.72 Å². The van der Waals surface area contributed by atoms with Gasteiger partial charge in [0.25, 0.3) is 5.91 Å². The maximum Gasteiger partial charge on any atom is 0.252 e.